The van der Waals surface area contributed by atoms with Gasteiger partial charge in [0.1, 0.15) is 23.9 Å². The van der Waals surface area contributed by atoms with Crippen molar-refractivity contribution in [2.75, 3.05) is 33.0 Å². The Balaban J connectivity index is 1.57. The molecule has 0 aliphatic carbocycles. The predicted molar refractivity (Wildman–Crippen MR) is 104 cm³/mol. The lowest BCUT2D eigenvalue weighted by Crippen LogP contribution is -2.32. The number of carbonyl (C=O) groups excluding carboxylic acids is 2. The minimum absolute atomic E-state index is 0.280. The largest absolute Gasteiger partial charge is 0.494 e. The Kier molecular flexibility index (Phi) is 8.65. The SMILES string of the molecule is CCOc1ccc(OCC(=O)OCC(=O)NCCOc2cccc(C)c2)cc1. The molecule has 1 amide bonds. The number of rotatable bonds is 11. The van der Waals surface area contributed by atoms with Crippen LogP contribution in [0.3, 0.4) is 0 Å². The lowest BCUT2D eigenvalue weighted by Gasteiger charge is -2.09. The van der Waals surface area contributed by atoms with Crippen LogP contribution in [0.4, 0.5) is 0 Å². The summed E-state index contributed by atoms with van der Waals surface area (Å²) in [6, 6.07) is 14.5. The van der Waals surface area contributed by atoms with Gasteiger partial charge in [-0.1, -0.05) is 12.1 Å². The van der Waals surface area contributed by atoms with Crippen molar-refractivity contribution in [3.63, 3.8) is 0 Å². The average Bonchev–Trinajstić information content (AvgIpc) is 2.69. The van der Waals surface area contributed by atoms with Gasteiger partial charge in [-0.05, 0) is 55.8 Å². The van der Waals surface area contributed by atoms with Crippen LogP contribution < -0.4 is 19.5 Å². The Bertz CT molecular complexity index is 760. The van der Waals surface area contributed by atoms with Gasteiger partial charge in [0, 0.05) is 0 Å². The van der Waals surface area contributed by atoms with Gasteiger partial charge in [-0.3, -0.25) is 4.79 Å². The van der Waals surface area contributed by atoms with E-state index in [2.05, 4.69) is 5.32 Å². The van der Waals surface area contributed by atoms with Crippen molar-refractivity contribution in [3.05, 3.63) is 54.1 Å². The molecule has 2 aromatic rings. The molecule has 0 aliphatic heterocycles. The molecule has 28 heavy (non-hydrogen) atoms. The van der Waals surface area contributed by atoms with E-state index in [1.54, 1.807) is 24.3 Å². The van der Waals surface area contributed by atoms with Crippen LogP contribution >= 0.6 is 0 Å². The molecule has 0 atom stereocenters. The maximum atomic E-state index is 11.7. The van der Waals surface area contributed by atoms with Gasteiger partial charge in [0.05, 0.1) is 13.2 Å². The molecule has 7 heteroatoms. The second-order valence-corrected chi connectivity index (χ2v) is 5.87. The number of aryl methyl sites for hydroxylation is 1. The Labute approximate surface area is 164 Å². The highest BCUT2D eigenvalue weighted by Crippen LogP contribution is 2.17. The van der Waals surface area contributed by atoms with Gasteiger partial charge in [0.15, 0.2) is 13.2 Å². The van der Waals surface area contributed by atoms with Crippen LogP contribution in [0.1, 0.15) is 12.5 Å². The van der Waals surface area contributed by atoms with Crippen LogP contribution in [0.25, 0.3) is 0 Å². The average molecular weight is 387 g/mol. The molecule has 7 nitrogen and oxygen atoms in total. The minimum atomic E-state index is -0.625. The molecule has 2 aromatic carbocycles. The van der Waals surface area contributed by atoms with E-state index in [-0.39, 0.29) is 13.2 Å². The molecule has 0 fully saturated rings. The third kappa shape index (κ3) is 7.99. The highest BCUT2D eigenvalue weighted by atomic mass is 16.6. The Morgan fingerprint density at radius 2 is 1.61 bits per heavy atom. The first kappa shape index (κ1) is 21.1. The van der Waals surface area contributed by atoms with Gasteiger partial charge < -0.3 is 24.3 Å². The van der Waals surface area contributed by atoms with Gasteiger partial charge in [-0.15, -0.1) is 0 Å². The first-order chi connectivity index (χ1) is 13.6. The molecule has 2 rings (SSSR count). The molecule has 0 aromatic heterocycles. The third-order valence-corrected chi connectivity index (χ3v) is 3.54. The fraction of sp³-hybridized carbons (Fsp3) is 0.333. The van der Waals surface area contributed by atoms with Crippen LogP contribution in [0, 0.1) is 6.92 Å². The second-order valence-electron chi connectivity index (χ2n) is 5.87. The zero-order valence-electron chi connectivity index (χ0n) is 16.1. The van der Waals surface area contributed by atoms with Crippen molar-refractivity contribution in [1.29, 1.82) is 0 Å². The smallest absolute Gasteiger partial charge is 0.344 e. The van der Waals surface area contributed by atoms with E-state index in [4.69, 9.17) is 18.9 Å². The van der Waals surface area contributed by atoms with E-state index < -0.39 is 11.9 Å². The highest BCUT2D eigenvalue weighted by Gasteiger charge is 2.08. The quantitative estimate of drug-likeness (QED) is 0.471. The van der Waals surface area contributed by atoms with E-state index in [0.717, 1.165) is 17.1 Å². The number of nitrogens with one attached hydrogen (secondary N) is 1. The van der Waals surface area contributed by atoms with Gasteiger partial charge in [0.25, 0.3) is 5.91 Å². The predicted octanol–water partition coefficient (Wildman–Crippen LogP) is 2.51. The van der Waals surface area contributed by atoms with E-state index in [1.807, 2.05) is 38.1 Å². The lowest BCUT2D eigenvalue weighted by molar-refractivity contribution is -0.150. The monoisotopic (exact) mass is 387 g/mol. The Hall–Kier alpha value is -3.22. The molecular weight excluding hydrogens is 362 g/mol. The van der Waals surface area contributed by atoms with Gasteiger partial charge in [-0.25, -0.2) is 4.79 Å². The zero-order chi connectivity index (χ0) is 20.2. The summed E-state index contributed by atoms with van der Waals surface area (Å²) < 4.78 is 21.0. The van der Waals surface area contributed by atoms with Crippen molar-refractivity contribution in [3.8, 4) is 17.2 Å². The van der Waals surface area contributed by atoms with Crippen molar-refractivity contribution >= 4 is 11.9 Å². The van der Waals surface area contributed by atoms with Crippen LogP contribution in [-0.2, 0) is 14.3 Å². The normalized spacial score (nSPS) is 10.1. The standard InChI is InChI=1S/C21H25NO6/c1-3-25-17-7-9-18(10-8-17)27-15-21(24)28-14-20(23)22-11-12-26-19-6-4-5-16(2)13-19/h4-10,13H,3,11-12,14-15H2,1-2H3,(H,22,23). The molecule has 0 bridgehead atoms. The second kappa shape index (κ2) is 11.5. The summed E-state index contributed by atoms with van der Waals surface area (Å²) in [5.41, 5.74) is 1.10. The molecule has 0 unspecified atom stereocenters. The van der Waals surface area contributed by atoms with Gasteiger partial charge >= 0.3 is 5.97 Å². The highest BCUT2D eigenvalue weighted by molar-refractivity contribution is 5.80. The van der Waals surface area contributed by atoms with Crippen molar-refractivity contribution in [2.24, 2.45) is 0 Å². The molecular formula is C21H25NO6. The summed E-state index contributed by atoms with van der Waals surface area (Å²) in [6.07, 6.45) is 0. The number of hydrogen-bond donors (Lipinski definition) is 1. The number of carbonyl (C=O) groups is 2. The number of esters is 1. The zero-order valence-corrected chi connectivity index (χ0v) is 16.1. The van der Waals surface area contributed by atoms with Crippen LogP contribution in [0.15, 0.2) is 48.5 Å². The summed E-state index contributed by atoms with van der Waals surface area (Å²) in [7, 11) is 0. The van der Waals surface area contributed by atoms with E-state index in [9.17, 15) is 9.59 Å². The maximum Gasteiger partial charge on any atom is 0.344 e. The van der Waals surface area contributed by atoms with E-state index >= 15 is 0 Å². The molecule has 1 N–H and O–H groups in total. The molecule has 0 spiro atoms. The van der Waals surface area contributed by atoms with Crippen molar-refractivity contribution in [2.45, 2.75) is 13.8 Å². The number of ether oxygens (including phenoxy) is 4. The first-order valence-electron chi connectivity index (χ1n) is 9.04. The summed E-state index contributed by atoms with van der Waals surface area (Å²) in [4.78, 5) is 23.3. The fourth-order valence-electron chi connectivity index (χ4n) is 2.24. The van der Waals surface area contributed by atoms with E-state index in [0.29, 0.717) is 25.5 Å². The van der Waals surface area contributed by atoms with Crippen molar-refractivity contribution < 1.29 is 28.5 Å². The molecule has 0 saturated heterocycles. The van der Waals surface area contributed by atoms with Crippen LogP contribution in [0.5, 0.6) is 17.2 Å². The molecule has 0 radical (unpaired) electrons. The lowest BCUT2D eigenvalue weighted by atomic mass is 10.2. The topological polar surface area (TPSA) is 83.1 Å². The molecule has 0 heterocycles. The summed E-state index contributed by atoms with van der Waals surface area (Å²) in [5.74, 6) is 0.952. The number of amides is 1. The Morgan fingerprint density at radius 1 is 0.893 bits per heavy atom. The Morgan fingerprint density at radius 3 is 2.29 bits per heavy atom. The third-order valence-electron chi connectivity index (χ3n) is 3.54. The summed E-state index contributed by atoms with van der Waals surface area (Å²) >= 11 is 0. The number of benzene rings is 2. The summed E-state index contributed by atoms with van der Waals surface area (Å²) in [5, 5.41) is 2.62. The molecule has 0 aliphatic rings. The van der Waals surface area contributed by atoms with Crippen LogP contribution in [0.2, 0.25) is 0 Å². The summed E-state index contributed by atoms with van der Waals surface area (Å²) in [6.45, 7) is 4.44. The molecule has 0 saturated carbocycles. The minimum Gasteiger partial charge on any atom is -0.494 e. The molecule has 150 valence electrons. The fourth-order valence-corrected chi connectivity index (χ4v) is 2.24. The van der Waals surface area contributed by atoms with Crippen LogP contribution in [-0.4, -0.2) is 44.8 Å². The van der Waals surface area contributed by atoms with Gasteiger partial charge in [-0.2, -0.15) is 0 Å². The maximum absolute atomic E-state index is 11.7. The first-order valence-corrected chi connectivity index (χ1v) is 9.04. The number of hydrogen-bond acceptors (Lipinski definition) is 6. The van der Waals surface area contributed by atoms with Crippen molar-refractivity contribution in [1.82, 2.24) is 5.32 Å². The van der Waals surface area contributed by atoms with Gasteiger partial charge in [0.2, 0.25) is 0 Å². The van der Waals surface area contributed by atoms with E-state index in [1.165, 1.54) is 0 Å².